The standard InChI is InChI=1S/C10H8F4O2/c11-7-2-1-6(5-8(7)12)10(13,14)4-3-9(15)16/h1-2,5H,3-4H2,(H,15,16). The molecule has 0 saturated carbocycles. The summed E-state index contributed by atoms with van der Waals surface area (Å²) in [4.78, 5) is 10.1. The highest BCUT2D eigenvalue weighted by atomic mass is 19.3. The first-order valence-corrected chi connectivity index (χ1v) is 4.38. The van der Waals surface area contributed by atoms with Crippen LogP contribution in [-0.4, -0.2) is 11.1 Å². The number of hydrogen-bond donors (Lipinski definition) is 1. The van der Waals surface area contributed by atoms with E-state index in [1.165, 1.54) is 0 Å². The molecule has 16 heavy (non-hydrogen) atoms. The Kier molecular flexibility index (Phi) is 3.51. The third-order valence-corrected chi connectivity index (χ3v) is 1.99. The Morgan fingerprint density at radius 3 is 2.38 bits per heavy atom. The maximum Gasteiger partial charge on any atom is 0.303 e. The molecule has 0 spiro atoms. The van der Waals surface area contributed by atoms with E-state index < -0.39 is 41.9 Å². The molecule has 0 unspecified atom stereocenters. The molecular weight excluding hydrogens is 228 g/mol. The molecule has 0 radical (unpaired) electrons. The van der Waals surface area contributed by atoms with Crippen LogP contribution in [0.3, 0.4) is 0 Å². The number of carboxylic acid groups (broad SMARTS) is 1. The van der Waals surface area contributed by atoms with Crippen molar-refractivity contribution in [2.75, 3.05) is 0 Å². The van der Waals surface area contributed by atoms with Gasteiger partial charge in [0.25, 0.3) is 5.92 Å². The number of hydrogen-bond acceptors (Lipinski definition) is 1. The molecule has 6 heteroatoms. The van der Waals surface area contributed by atoms with Gasteiger partial charge in [0.15, 0.2) is 11.6 Å². The Morgan fingerprint density at radius 2 is 1.88 bits per heavy atom. The largest absolute Gasteiger partial charge is 0.481 e. The normalized spacial score (nSPS) is 11.5. The number of carboxylic acids is 1. The fourth-order valence-electron chi connectivity index (χ4n) is 1.13. The molecule has 0 amide bonds. The zero-order valence-electron chi connectivity index (χ0n) is 8.01. The second kappa shape index (κ2) is 4.51. The molecule has 0 fully saturated rings. The zero-order valence-corrected chi connectivity index (χ0v) is 8.01. The average Bonchev–Trinajstić information content (AvgIpc) is 2.19. The van der Waals surface area contributed by atoms with Crippen molar-refractivity contribution in [3.05, 3.63) is 35.4 Å². The predicted molar refractivity (Wildman–Crippen MR) is 47.1 cm³/mol. The van der Waals surface area contributed by atoms with Crippen LogP contribution in [0.1, 0.15) is 18.4 Å². The SMILES string of the molecule is O=C(O)CCC(F)(F)c1ccc(F)c(F)c1. The van der Waals surface area contributed by atoms with Crippen LogP contribution < -0.4 is 0 Å². The number of carbonyl (C=O) groups is 1. The van der Waals surface area contributed by atoms with Crippen LogP contribution >= 0.6 is 0 Å². The number of aliphatic carboxylic acids is 1. The molecular formula is C10H8F4O2. The van der Waals surface area contributed by atoms with Crippen molar-refractivity contribution in [3.63, 3.8) is 0 Å². The van der Waals surface area contributed by atoms with Crippen LogP contribution in [0.5, 0.6) is 0 Å². The van der Waals surface area contributed by atoms with Gasteiger partial charge in [-0.1, -0.05) is 0 Å². The Morgan fingerprint density at radius 1 is 1.25 bits per heavy atom. The van der Waals surface area contributed by atoms with Crippen molar-refractivity contribution in [1.82, 2.24) is 0 Å². The second-order valence-electron chi connectivity index (χ2n) is 3.23. The van der Waals surface area contributed by atoms with Crippen LogP contribution in [0.2, 0.25) is 0 Å². The molecule has 0 bridgehead atoms. The third-order valence-electron chi connectivity index (χ3n) is 1.99. The van der Waals surface area contributed by atoms with E-state index in [2.05, 4.69) is 0 Å². The van der Waals surface area contributed by atoms with Gasteiger partial charge in [0.05, 0.1) is 6.42 Å². The van der Waals surface area contributed by atoms with Gasteiger partial charge in [-0.3, -0.25) is 4.79 Å². The van der Waals surface area contributed by atoms with Gasteiger partial charge < -0.3 is 5.11 Å². The van der Waals surface area contributed by atoms with Crippen LogP contribution in [0.15, 0.2) is 18.2 Å². The number of rotatable bonds is 4. The molecule has 1 aromatic carbocycles. The average molecular weight is 236 g/mol. The molecule has 1 rings (SSSR count). The zero-order chi connectivity index (χ0) is 12.3. The van der Waals surface area contributed by atoms with Crippen molar-refractivity contribution in [2.24, 2.45) is 0 Å². The van der Waals surface area contributed by atoms with Crippen molar-refractivity contribution < 1.29 is 27.5 Å². The topological polar surface area (TPSA) is 37.3 Å². The first kappa shape index (κ1) is 12.5. The maximum absolute atomic E-state index is 13.3. The van der Waals surface area contributed by atoms with Gasteiger partial charge >= 0.3 is 5.97 Å². The summed E-state index contributed by atoms with van der Waals surface area (Å²) in [5.74, 6) is -7.46. The van der Waals surface area contributed by atoms with Crippen molar-refractivity contribution in [1.29, 1.82) is 0 Å². The van der Waals surface area contributed by atoms with Gasteiger partial charge in [-0.25, -0.2) is 17.6 Å². The van der Waals surface area contributed by atoms with Gasteiger partial charge in [-0.2, -0.15) is 0 Å². The quantitative estimate of drug-likeness (QED) is 0.816. The van der Waals surface area contributed by atoms with E-state index in [1.807, 2.05) is 0 Å². The Bertz CT molecular complexity index is 404. The first-order valence-electron chi connectivity index (χ1n) is 4.38. The third kappa shape index (κ3) is 2.95. The summed E-state index contributed by atoms with van der Waals surface area (Å²) in [6.45, 7) is 0. The Balaban J connectivity index is 2.88. The first-order chi connectivity index (χ1) is 7.33. The van der Waals surface area contributed by atoms with Crippen LogP contribution in [0.25, 0.3) is 0 Å². The molecule has 2 nitrogen and oxygen atoms in total. The van der Waals surface area contributed by atoms with Gasteiger partial charge in [-0.05, 0) is 18.2 Å². The lowest BCUT2D eigenvalue weighted by Crippen LogP contribution is -2.15. The monoisotopic (exact) mass is 236 g/mol. The molecule has 0 aliphatic rings. The minimum atomic E-state index is -3.48. The summed E-state index contributed by atoms with van der Waals surface area (Å²) in [5, 5.41) is 8.26. The van der Waals surface area contributed by atoms with Gasteiger partial charge in [-0.15, -0.1) is 0 Å². The van der Waals surface area contributed by atoms with Gasteiger partial charge in [0.1, 0.15) is 0 Å². The summed E-state index contributed by atoms with van der Waals surface area (Å²) in [6.07, 6.45) is -1.70. The van der Waals surface area contributed by atoms with Crippen LogP contribution in [-0.2, 0) is 10.7 Å². The summed E-state index contributed by atoms with van der Waals surface area (Å²) >= 11 is 0. The van der Waals surface area contributed by atoms with E-state index in [1.54, 1.807) is 0 Å². The molecule has 0 saturated heterocycles. The summed E-state index contributed by atoms with van der Waals surface area (Å²) < 4.78 is 51.7. The summed E-state index contributed by atoms with van der Waals surface area (Å²) in [7, 11) is 0. The van der Waals surface area contributed by atoms with Crippen molar-refractivity contribution in [2.45, 2.75) is 18.8 Å². The van der Waals surface area contributed by atoms with E-state index in [0.717, 1.165) is 6.07 Å². The predicted octanol–water partition coefficient (Wildman–Crippen LogP) is 2.92. The second-order valence-corrected chi connectivity index (χ2v) is 3.23. The van der Waals surface area contributed by atoms with Crippen LogP contribution in [0, 0.1) is 11.6 Å². The van der Waals surface area contributed by atoms with Gasteiger partial charge in [0.2, 0.25) is 0 Å². The molecule has 0 aromatic heterocycles. The molecule has 1 N–H and O–H groups in total. The van der Waals surface area contributed by atoms with E-state index in [0.29, 0.717) is 12.1 Å². The summed E-state index contributed by atoms with van der Waals surface area (Å²) in [5.41, 5.74) is -0.729. The molecule has 0 heterocycles. The lowest BCUT2D eigenvalue weighted by atomic mass is 10.0. The molecule has 88 valence electrons. The van der Waals surface area contributed by atoms with E-state index in [-0.39, 0.29) is 0 Å². The fourth-order valence-corrected chi connectivity index (χ4v) is 1.13. The molecule has 0 aliphatic carbocycles. The highest BCUT2D eigenvalue weighted by Crippen LogP contribution is 2.33. The van der Waals surface area contributed by atoms with E-state index in [9.17, 15) is 22.4 Å². The van der Waals surface area contributed by atoms with Gasteiger partial charge in [0, 0.05) is 12.0 Å². The number of benzene rings is 1. The highest BCUT2D eigenvalue weighted by Gasteiger charge is 2.32. The molecule has 0 aliphatic heterocycles. The highest BCUT2D eigenvalue weighted by molar-refractivity contribution is 5.66. The molecule has 1 aromatic rings. The lowest BCUT2D eigenvalue weighted by Gasteiger charge is -2.15. The number of alkyl halides is 2. The van der Waals surface area contributed by atoms with Crippen molar-refractivity contribution >= 4 is 5.97 Å². The summed E-state index contributed by atoms with van der Waals surface area (Å²) in [6, 6.07) is 1.69. The van der Waals surface area contributed by atoms with Crippen molar-refractivity contribution in [3.8, 4) is 0 Å². The van der Waals surface area contributed by atoms with Crippen LogP contribution in [0.4, 0.5) is 17.6 Å². The fraction of sp³-hybridized carbons (Fsp3) is 0.300. The number of halogens is 4. The Labute approximate surface area is 88.5 Å². The molecule has 0 atom stereocenters. The van der Waals surface area contributed by atoms with E-state index in [4.69, 9.17) is 5.11 Å². The smallest absolute Gasteiger partial charge is 0.303 e. The Hall–Kier alpha value is -1.59. The lowest BCUT2D eigenvalue weighted by molar-refractivity contribution is -0.139. The minimum absolute atomic E-state index is 0.372. The minimum Gasteiger partial charge on any atom is -0.481 e. The van der Waals surface area contributed by atoms with E-state index >= 15 is 0 Å². The maximum atomic E-state index is 13.3.